The number of nitrogens with one attached hydrogen (secondary N) is 1. The van der Waals surface area contributed by atoms with E-state index in [-0.39, 0.29) is 29.8 Å². The zero-order valence-electron chi connectivity index (χ0n) is 16.1. The van der Waals surface area contributed by atoms with Crippen molar-refractivity contribution in [2.75, 3.05) is 13.2 Å². The van der Waals surface area contributed by atoms with Crippen molar-refractivity contribution < 1.29 is 19.4 Å². The molecule has 1 saturated heterocycles. The Morgan fingerprint density at radius 1 is 1.23 bits per heavy atom. The average Bonchev–Trinajstić information content (AvgIpc) is 2.60. The SMILES string of the molecule is CC[C@]1(C)C[C@@](CCNC(=O)CCC(=O)[O-])(c2ccc(C)cc2)CCO1. The van der Waals surface area contributed by atoms with E-state index >= 15 is 0 Å². The molecule has 0 bridgehead atoms. The van der Waals surface area contributed by atoms with Crippen LogP contribution in [0.4, 0.5) is 0 Å². The standard InChI is InChI=1S/C21H31NO4/c1-4-20(3)15-21(12-14-26-20,17-7-5-16(2)6-8-17)11-13-22-18(23)9-10-19(24)25/h5-8H,4,9-15H2,1-3H3,(H,22,23)(H,24,25)/p-1/t20-,21+/m1/s1. The lowest BCUT2D eigenvalue weighted by Crippen LogP contribution is -2.47. The van der Waals surface area contributed by atoms with Crippen LogP contribution in [0.2, 0.25) is 0 Å². The van der Waals surface area contributed by atoms with Crippen LogP contribution in [0.15, 0.2) is 24.3 Å². The van der Waals surface area contributed by atoms with Gasteiger partial charge < -0.3 is 20.0 Å². The van der Waals surface area contributed by atoms with Gasteiger partial charge in [0.15, 0.2) is 0 Å². The fourth-order valence-electron chi connectivity index (χ4n) is 3.83. The van der Waals surface area contributed by atoms with Gasteiger partial charge in [-0.05, 0) is 51.5 Å². The Morgan fingerprint density at radius 2 is 1.92 bits per heavy atom. The van der Waals surface area contributed by atoms with Gasteiger partial charge in [0.25, 0.3) is 0 Å². The quantitative estimate of drug-likeness (QED) is 0.771. The summed E-state index contributed by atoms with van der Waals surface area (Å²) in [7, 11) is 0. The number of hydrogen-bond donors (Lipinski definition) is 1. The number of hydrogen-bond acceptors (Lipinski definition) is 4. The van der Waals surface area contributed by atoms with Crippen molar-refractivity contribution in [3.8, 4) is 0 Å². The van der Waals surface area contributed by atoms with Gasteiger partial charge in [-0.1, -0.05) is 36.8 Å². The maximum atomic E-state index is 11.8. The van der Waals surface area contributed by atoms with Crippen molar-refractivity contribution in [3.63, 3.8) is 0 Å². The molecule has 0 saturated carbocycles. The Morgan fingerprint density at radius 3 is 2.54 bits per heavy atom. The van der Waals surface area contributed by atoms with Gasteiger partial charge in [-0.15, -0.1) is 0 Å². The summed E-state index contributed by atoms with van der Waals surface area (Å²) in [4.78, 5) is 22.3. The fraction of sp³-hybridized carbons (Fsp3) is 0.619. The molecule has 1 amide bonds. The lowest BCUT2D eigenvalue weighted by Gasteiger charge is -2.47. The number of carbonyl (C=O) groups excluding carboxylic acids is 2. The molecule has 1 aliphatic rings. The zero-order valence-corrected chi connectivity index (χ0v) is 16.1. The third-order valence-electron chi connectivity index (χ3n) is 5.64. The number of aliphatic carboxylic acids is 1. The highest BCUT2D eigenvalue weighted by atomic mass is 16.5. The Hall–Kier alpha value is -1.88. The molecule has 1 aliphatic heterocycles. The topological polar surface area (TPSA) is 78.5 Å². The summed E-state index contributed by atoms with van der Waals surface area (Å²) < 4.78 is 6.05. The highest BCUT2D eigenvalue weighted by molar-refractivity contribution is 5.79. The second-order valence-corrected chi connectivity index (χ2v) is 7.70. The molecule has 0 aromatic heterocycles. The second kappa shape index (κ2) is 8.67. The molecular formula is C21H30NO4-. The van der Waals surface area contributed by atoms with Crippen LogP contribution >= 0.6 is 0 Å². The number of carboxylic acids is 1. The molecule has 2 atom stereocenters. The van der Waals surface area contributed by atoms with Gasteiger partial charge in [0.2, 0.25) is 5.91 Å². The van der Waals surface area contributed by atoms with Crippen molar-refractivity contribution in [2.45, 2.75) is 70.3 Å². The number of benzene rings is 1. The second-order valence-electron chi connectivity index (χ2n) is 7.70. The first-order valence-electron chi connectivity index (χ1n) is 9.46. The number of ether oxygens (including phenoxy) is 1. The van der Waals surface area contributed by atoms with Crippen LogP contribution < -0.4 is 10.4 Å². The van der Waals surface area contributed by atoms with E-state index < -0.39 is 5.97 Å². The molecule has 1 heterocycles. The van der Waals surface area contributed by atoms with E-state index in [9.17, 15) is 14.7 Å². The van der Waals surface area contributed by atoms with Crippen LogP contribution in [0.1, 0.15) is 63.5 Å². The summed E-state index contributed by atoms with van der Waals surface area (Å²) in [6.45, 7) is 7.62. The maximum absolute atomic E-state index is 11.8. The van der Waals surface area contributed by atoms with Crippen LogP contribution in [0.5, 0.6) is 0 Å². The predicted molar refractivity (Wildman–Crippen MR) is 98.6 cm³/mol. The number of aryl methyl sites for hydroxylation is 1. The molecule has 1 aromatic rings. The van der Waals surface area contributed by atoms with Gasteiger partial charge in [-0.3, -0.25) is 4.79 Å². The first kappa shape index (κ1) is 20.4. The Labute approximate surface area is 156 Å². The van der Waals surface area contributed by atoms with E-state index in [4.69, 9.17) is 4.74 Å². The third kappa shape index (κ3) is 5.31. The van der Waals surface area contributed by atoms with Crippen LogP contribution in [0.25, 0.3) is 0 Å². The maximum Gasteiger partial charge on any atom is 0.220 e. The highest BCUT2D eigenvalue weighted by Crippen LogP contribution is 2.45. The largest absolute Gasteiger partial charge is 0.550 e. The van der Waals surface area contributed by atoms with Crippen LogP contribution in [-0.2, 0) is 19.7 Å². The Kier molecular flexibility index (Phi) is 6.81. The first-order chi connectivity index (χ1) is 12.3. The van der Waals surface area contributed by atoms with E-state index in [1.165, 1.54) is 11.1 Å². The third-order valence-corrected chi connectivity index (χ3v) is 5.64. The summed E-state index contributed by atoms with van der Waals surface area (Å²) in [6.07, 6.45) is 3.31. The summed E-state index contributed by atoms with van der Waals surface area (Å²) in [5.41, 5.74) is 2.31. The highest BCUT2D eigenvalue weighted by Gasteiger charge is 2.43. The number of rotatable bonds is 8. The van der Waals surface area contributed by atoms with Gasteiger partial charge in [-0.25, -0.2) is 0 Å². The minimum atomic E-state index is -1.19. The van der Waals surface area contributed by atoms with Crippen molar-refractivity contribution in [1.82, 2.24) is 5.32 Å². The molecule has 144 valence electrons. The van der Waals surface area contributed by atoms with Gasteiger partial charge >= 0.3 is 0 Å². The number of amides is 1. The molecule has 0 aliphatic carbocycles. The van der Waals surface area contributed by atoms with E-state index in [0.717, 1.165) is 25.7 Å². The smallest absolute Gasteiger partial charge is 0.220 e. The molecule has 1 aromatic carbocycles. The van der Waals surface area contributed by atoms with Gasteiger partial charge in [0, 0.05) is 31.0 Å². The monoisotopic (exact) mass is 360 g/mol. The molecule has 5 nitrogen and oxygen atoms in total. The van der Waals surface area contributed by atoms with Crippen LogP contribution in [0, 0.1) is 6.92 Å². The zero-order chi connectivity index (χ0) is 19.2. The molecule has 0 spiro atoms. The van der Waals surface area contributed by atoms with E-state index in [0.29, 0.717) is 13.2 Å². The Balaban J connectivity index is 2.10. The molecule has 0 unspecified atom stereocenters. The summed E-state index contributed by atoms with van der Waals surface area (Å²) in [5.74, 6) is -1.43. The van der Waals surface area contributed by atoms with E-state index in [2.05, 4.69) is 50.4 Å². The van der Waals surface area contributed by atoms with Crippen LogP contribution in [-0.4, -0.2) is 30.6 Å². The summed E-state index contributed by atoms with van der Waals surface area (Å²) in [5, 5.41) is 13.4. The molecule has 2 rings (SSSR count). The lowest BCUT2D eigenvalue weighted by atomic mass is 9.66. The summed E-state index contributed by atoms with van der Waals surface area (Å²) in [6, 6.07) is 8.64. The van der Waals surface area contributed by atoms with Crippen molar-refractivity contribution >= 4 is 11.9 Å². The minimum Gasteiger partial charge on any atom is -0.550 e. The molecule has 5 heteroatoms. The summed E-state index contributed by atoms with van der Waals surface area (Å²) >= 11 is 0. The fourth-order valence-corrected chi connectivity index (χ4v) is 3.83. The van der Waals surface area contributed by atoms with E-state index in [1.807, 2.05) is 0 Å². The number of carboxylic acid groups (broad SMARTS) is 1. The first-order valence-corrected chi connectivity index (χ1v) is 9.46. The molecule has 1 N–H and O–H groups in total. The lowest BCUT2D eigenvalue weighted by molar-refractivity contribution is -0.305. The van der Waals surface area contributed by atoms with Crippen LogP contribution in [0.3, 0.4) is 0 Å². The van der Waals surface area contributed by atoms with Gasteiger partial charge in [0.1, 0.15) is 0 Å². The number of carbonyl (C=O) groups is 2. The van der Waals surface area contributed by atoms with Crippen molar-refractivity contribution in [1.29, 1.82) is 0 Å². The van der Waals surface area contributed by atoms with E-state index in [1.54, 1.807) is 0 Å². The molecular weight excluding hydrogens is 330 g/mol. The minimum absolute atomic E-state index is 0.0321. The molecule has 1 fully saturated rings. The van der Waals surface area contributed by atoms with Gasteiger partial charge in [0.05, 0.1) is 5.60 Å². The van der Waals surface area contributed by atoms with Gasteiger partial charge in [-0.2, -0.15) is 0 Å². The molecule has 26 heavy (non-hydrogen) atoms. The normalized spacial score (nSPS) is 25.7. The van der Waals surface area contributed by atoms with Crippen molar-refractivity contribution in [3.05, 3.63) is 35.4 Å². The predicted octanol–water partition coefficient (Wildman–Crippen LogP) is 2.25. The average molecular weight is 360 g/mol. The molecule has 0 radical (unpaired) electrons. The Bertz CT molecular complexity index is 627. The van der Waals surface area contributed by atoms with Crippen molar-refractivity contribution in [2.24, 2.45) is 0 Å².